The van der Waals surface area contributed by atoms with Crippen LogP contribution in [0.15, 0.2) is 0 Å². The summed E-state index contributed by atoms with van der Waals surface area (Å²) in [5.74, 6) is 0. The highest BCUT2D eigenvalue weighted by molar-refractivity contribution is 5.02. The summed E-state index contributed by atoms with van der Waals surface area (Å²) in [4.78, 5) is 2.59. The number of hydrogen-bond acceptors (Lipinski definition) is 2. The third kappa shape index (κ3) is 1.27. The van der Waals surface area contributed by atoms with Crippen molar-refractivity contribution in [2.24, 2.45) is 11.1 Å². The molecule has 0 atom stereocenters. The highest BCUT2D eigenvalue weighted by Crippen LogP contribution is 2.47. The van der Waals surface area contributed by atoms with Gasteiger partial charge < -0.3 is 10.6 Å². The van der Waals surface area contributed by atoms with Crippen molar-refractivity contribution in [3.8, 4) is 0 Å². The molecule has 0 aromatic heterocycles. The molecule has 1 aliphatic carbocycles. The van der Waals surface area contributed by atoms with Crippen molar-refractivity contribution < 1.29 is 0 Å². The largest absolute Gasteiger partial charge is 0.328 e. The lowest BCUT2D eigenvalue weighted by Crippen LogP contribution is -2.48. The fraction of sp³-hybridized carbons (Fsp3) is 1.00. The molecule has 1 saturated heterocycles. The van der Waals surface area contributed by atoms with E-state index in [2.05, 4.69) is 18.7 Å². The second-order valence-electron chi connectivity index (χ2n) is 4.98. The number of nitrogens with two attached hydrogens (primary N) is 1. The van der Waals surface area contributed by atoms with E-state index < -0.39 is 0 Å². The maximum absolute atomic E-state index is 5.84. The van der Waals surface area contributed by atoms with Gasteiger partial charge in [-0.15, -0.1) is 0 Å². The van der Waals surface area contributed by atoms with Gasteiger partial charge in [-0.25, -0.2) is 0 Å². The molecule has 70 valence electrons. The summed E-state index contributed by atoms with van der Waals surface area (Å²) in [7, 11) is 0. The van der Waals surface area contributed by atoms with Crippen LogP contribution in [0.3, 0.4) is 0 Å². The number of likely N-dealkylation sites (tertiary alicyclic amines) is 1. The Bertz CT molecular complexity index is 171. The molecule has 2 N–H and O–H groups in total. The summed E-state index contributed by atoms with van der Waals surface area (Å²) in [6.45, 7) is 7.18. The predicted molar refractivity (Wildman–Crippen MR) is 51.0 cm³/mol. The quantitative estimate of drug-likeness (QED) is 0.637. The van der Waals surface area contributed by atoms with Crippen LogP contribution in [0.4, 0.5) is 0 Å². The highest BCUT2D eigenvalue weighted by Gasteiger charge is 2.47. The smallest absolute Gasteiger partial charge is 0.00503 e. The first kappa shape index (κ1) is 8.52. The Balaban J connectivity index is 1.90. The molecule has 0 amide bonds. The second-order valence-corrected chi connectivity index (χ2v) is 4.98. The van der Waals surface area contributed by atoms with Crippen LogP contribution in [0.1, 0.15) is 33.1 Å². The Labute approximate surface area is 75.1 Å². The summed E-state index contributed by atoms with van der Waals surface area (Å²) in [6, 6.07) is 1.23. The molecule has 2 aliphatic rings. The second kappa shape index (κ2) is 2.71. The van der Waals surface area contributed by atoms with Crippen LogP contribution >= 0.6 is 0 Å². The SMILES string of the molecule is CC(C)N1CCC2(CC(N)C2)C1. The lowest BCUT2D eigenvalue weighted by Gasteiger charge is -2.43. The van der Waals surface area contributed by atoms with Gasteiger partial charge in [0, 0.05) is 18.6 Å². The average Bonchev–Trinajstić information content (AvgIpc) is 2.31. The van der Waals surface area contributed by atoms with E-state index in [1.54, 1.807) is 0 Å². The van der Waals surface area contributed by atoms with Crippen LogP contribution in [-0.4, -0.2) is 30.1 Å². The zero-order valence-corrected chi connectivity index (χ0v) is 8.21. The maximum atomic E-state index is 5.84. The monoisotopic (exact) mass is 168 g/mol. The molecule has 2 rings (SSSR count). The normalized spacial score (nSPS) is 42.5. The summed E-state index contributed by atoms with van der Waals surface area (Å²) < 4.78 is 0. The first-order chi connectivity index (χ1) is 5.61. The molecule has 2 heteroatoms. The number of nitrogens with zero attached hydrogens (tertiary/aromatic N) is 1. The Morgan fingerprint density at radius 3 is 2.50 bits per heavy atom. The first-order valence-electron chi connectivity index (χ1n) is 5.11. The van der Waals surface area contributed by atoms with Gasteiger partial charge in [-0.3, -0.25) is 0 Å². The van der Waals surface area contributed by atoms with E-state index >= 15 is 0 Å². The Morgan fingerprint density at radius 2 is 2.08 bits per heavy atom. The van der Waals surface area contributed by atoms with Crippen molar-refractivity contribution >= 4 is 0 Å². The van der Waals surface area contributed by atoms with E-state index in [9.17, 15) is 0 Å². The summed E-state index contributed by atoms with van der Waals surface area (Å²) in [6.07, 6.45) is 3.94. The highest BCUT2D eigenvalue weighted by atomic mass is 15.2. The van der Waals surface area contributed by atoms with Crippen LogP contribution in [0.5, 0.6) is 0 Å². The van der Waals surface area contributed by atoms with Gasteiger partial charge in [-0.1, -0.05) is 0 Å². The Kier molecular flexibility index (Phi) is 1.92. The van der Waals surface area contributed by atoms with Gasteiger partial charge in [0.1, 0.15) is 0 Å². The van der Waals surface area contributed by atoms with Crippen LogP contribution in [-0.2, 0) is 0 Å². The zero-order valence-electron chi connectivity index (χ0n) is 8.21. The third-order valence-corrected chi connectivity index (χ3v) is 3.59. The lowest BCUT2D eigenvalue weighted by molar-refractivity contribution is 0.105. The summed E-state index contributed by atoms with van der Waals surface area (Å²) >= 11 is 0. The van der Waals surface area contributed by atoms with Gasteiger partial charge in [-0.2, -0.15) is 0 Å². The van der Waals surface area contributed by atoms with Crippen molar-refractivity contribution in [2.45, 2.75) is 45.2 Å². The van der Waals surface area contributed by atoms with Gasteiger partial charge in [-0.05, 0) is 45.1 Å². The fourth-order valence-corrected chi connectivity index (χ4v) is 2.80. The molecule has 0 radical (unpaired) electrons. The van der Waals surface area contributed by atoms with Crippen LogP contribution in [0, 0.1) is 5.41 Å². The van der Waals surface area contributed by atoms with E-state index in [0.29, 0.717) is 11.5 Å². The molecule has 1 spiro atoms. The topological polar surface area (TPSA) is 29.3 Å². The molecule has 1 heterocycles. The zero-order chi connectivity index (χ0) is 8.77. The Hall–Kier alpha value is -0.0800. The van der Waals surface area contributed by atoms with E-state index in [4.69, 9.17) is 5.73 Å². The molecule has 1 aliphatic heterocycles. The molecule has 0 bridgehead atoms. The molecule has 12 heavy (non-hydrogen) atoms. The first-order valence-corrected chi connectivity index (χ1v) is 5.11. The van der Waals surface area contributed by atoms with Crippen molar-refractivity contribution in [1.29, 1.82) is 0 Å². The van der Waals surface area contributed by atoms with E-state index in [1.807, 2.05) is 0 Å². The van der Waals surface area contributed by atoms with Gasteiger partial charge >= 0.3 is 0 Å². The van der Waals surface area contributed by atoms with Crippen molar-refractivity contribution in [2.75, 3.05) is 13.1 Å². The minimum Gasteiger partial charge on any atom is -0.328 e. The molecular weight excluding hydrogens is 148 g/mol. The third-order valence-electron chi connectivity index (χ3n) is 3.59. The minimum absolute atomic E-state index is 0.511. The summed E-state index contributed by atoms with van der Waals surface area (Å²) in [5.41, 5.74) is 6.48. The van der Waals surface area contributed by atoms with E-state index in [0.717, 1.165) is 6.04 Å². The van der Waals surface area contributed by atoms with E-state index in [-0.39, 0.29) is 0 Å². The standard InChI is InChI=1S/C10H20N2/c1-8(2)12-4-3-10(7-12)5-9(11)6-10/h8-9H,3-7,11H2,1-2H3. The van der Waals surface area contributed by atoms with Crippen molar-refractivity contribution in [3.63, 3.8) is 0 Å². The van der Waals surface area contributed by atoms with Gasteiger partial charge in [0.2, 0.25) is 0 Å². The molecule has 0 aromatic carbocycles. The number of rotatable bonds is 1. The van der Waals surface area contributed by atoms with Gasteiger partial charge in [0.05, 0.1) is 0 Å². The van der Waals surface area contributed by atoms with Crippen molar-refractivity contribution in [3.05, 3.63) is 0 Å². The predicted octanol–water partition coefficient (Wildman–Crippen LogP) is 1.21. The van der Waals surface area contributed by atoms with Crippen LogP contribution < -0.4 is 5.73 Å². The van der Waals surface area contributed by atoms with Crippen LogP contribution in [0.2, 0.25) is 0 Å². The Morgan fingerprint density at radius 1 is 1.42 bits per heavy atom. The van der Waals surface area contributed by atoms with E-state index in [1.165, 1.54) is 32.4 Å². The molecule has 2 fully saturated rings. The maximum Gasteiger partial charge on any atom is 0.00503 e. The summed E-state index contributed by atoms with van der Waals surface area (Å²) in [5, 5.41) is 0. The lowest BCUT2D eigenvalue weighted by atomic mass is 9.65. The fourth-order valence-electron chi connectivity index (χ4n) is 2.80. The molecule has 2 nitrogen and oxygen atoms in total. The van der Waals surface area contributed by atoms with Gasteiger partial charge in [0.25, 0.3) is 0 Å². The van der Waals surface area contributed by atoms with Gasteiger partial charge in [0.15, 0.2) is 0 Å². The molecule has 0 unspecified atom stereocenters. The molecule has 1 saturated carbocycles. The molecule has 0 aromatic rings. The van der Waals surface area contributed by atoms with Crippen molar-refractivity contribution in [1.82, 2.24) is 4.90 Å². The van der Waals surface area contributed by atoms with Crippen LogP contribution in [0.25, 0.3) is 0 Å². The minimum atomic E-state index is 0.511. The average molecular weight is 168 g/mol. The molecular formula is C10H20N2. The number of hydrogen-bond donors (Lipinski definition) is 1.